The Labute approximate surface area is 117 Å². The molecule has 19 heavy (non-hydrogen) atoms. The molecule has 1 aromatic heterocycles. The van der Waals surface area contributed by atoms with Crippen LogP contribution < -0.4 is 5.32 Å². The molecule has 2 rings (SSSR count). The van der Waals surface area contributed by atoms with Gasteiger partial charge in [-0.3, -0.25) is 4.98 Å². The highest BCUT2D eigenvalue weighted by Gasteiger charge is 2.36. The number of pyridine rings is 1. The lowest BCUT2D eigenvalue weighted by atomic mass is 9.75. The Morgan fingerprint density at radius 2 is 2.11 bits per heavy atom. The van der Waals surface area contributed by atoms with Gasteiger partial charge in [0.05, 0.1) is 0 Å². The van der Waals surface area contributed by atoms with Crippen LogP contribution in [0.15, 0.2) is 24.5 Å². The summed E-state index contributed by atoms with van der Waals surface area (Å²) < 4.78 is 0. The van der Waals surface area contributed by atoms with Crippen LogP contribution in [0, 0.1) is 5.92 Å². The Kier molecular flexibility index (Phi) is 4.94. The molecule has 0 saturated heterocycles. The van der Waals surface area contributed by atoms with Crippen molar-refractivity contribution < 1.29 is 0 Å². The average molecular weight is 261 g/mol. The van der Waals surface area contributed by atoms with Gasteiger partial charge >= 0.3 is 0 Å². The minimum atomic E-state index is 0.338. The van der Waals surface area contributed by atoms with Crippen LogP contribution in [0.4, 0.5) is 0 Å². The molecule has 0 bridgehead atoms. The second-order valence-electron chi connectivity index (χ2n) is 6.28. The molecule has 0 spiro atoms. The van der Waals surface area contributed by atoms with Crippen molar-refractivity contribution in [3.05, 3.63) is 30.1 Å². The summed E-state index contributed by atoms with van der Waals surface area (Å²) in [6.45, 7) is 4.40. The maximum absolute atomic E-state index is 4.06. The smallest absolute Gasteiger partial charge is 0.0330 e. The summed E-state index contributed by atoms with van der Waals surface area (Å²) in [7, 11) is 4.46. The van der Waals surface area contributed by atoms with E-state index in [1.165, 1.54) is 31.2 Å². The molecule has 0 aromatic carbocycles. The summed E-state index contributed by atoms with van der Waals surface area (Å²) in [5.74, 6) is 0.846. The van der Waals surface area contributed by atoms with E-state index in [0.29, 0.717) is 5.54 Å². The third-order valence-electron chi connectivity index (χ3n) is 4.55. The number of hydrogen-bond donors (Lipinski definition) is 1. The Hall–Kier alpha value is -0.930. The van der Waals surface area contributed by atoms with Gasteiger partial charge in [-0.25, -0.2) is 0 Å². The minimum Gasteiger partial charge on any atom is -0.311 e. The standard InChI is InChI=1S/C16H27N3/c1-14-5-4-8-16(11-14,19(2)3)13-18-12-15-6-9-17-10-7-15/h6-7,9-10,14,18H,4-5,8,11-13H2,1-3H3/t14-,16-/m1/s1. The first-order chi connectivity index (χ1) is 9.12. The summed E-state index contributed by atoms with van der Waals surface area (Å²) in [6.07, 6.45) is 9.09. The van der Waals surface area contributed by atoms with Crippen molar-refractivity contribution in [3.8, 4) is 0 Å². The first-order valence-electron chi connectivity index (χ1n) is 7.39. The van der Waals surface area contributed by atoms with Crippen LogP contribution in [0.5, 0.6) is 0 Å². The van der Waals surface area contributed by atoms with E-state index in [9.17, 15) is 0 Å². The van der Waals surface area contributed by atoms with E-state index in [0.717, 1.165) is 19.0 Å². The van der Waals surface area contributed by atoms with Gasteiger partial charge in [-0.05, 0) is 50.6 Å². The molecular weight excluding hydrogens is 234 g/mol. The molecule has 0 amide bonds. The third kappa shape index (κ3) is 3.77. The van der Waals surface area contributed by atoms with E-state index in [1.54, 1.807) is 0 Å². The summed E-state index contributed by atoms with van der Waals surface area (Å²) in [5, 5.41) is 3.64. The number of rotatable bonds is 5. The molecule has 1 aromatic rings. The van der Waals surface area contributed by atoms with E-state index < -0.39 is 0 Å². The van der Waals surface area contributed by atoms with E-state index in [1.807, 2.05) is 12.4 Å². The maximum atomic E-state index is 4.06. The molecule has 1 aliphatic rings. The third-order valence-corrected chi connectivity index (χ3v) is 4.55. The van der Waals surface area contributed by atoms with Crippen molar-refractivity contribution in [3.63, 3.8) is 0 Å². The van der Waals surface area contributed by atoms with E-state index in [4.69, 9.17) is 0 Å². The van der Waals surface area contributed by atoms with Crippen LogP contribution in [0.2, 0.25) is 0 Å². The monoisotopic (exact) mass is 261 g/mol. The summed E-state index contributed by atoms with van der Waals surface area (Å²) in [4.78, 5) is 6.49. The van der Waals surface area contributed by atoms with Crippen molar-refractivity contribution in [1.82, 2.24) is 15.2 Å². The topological polar surface area (TPSA) is 28.2 Å². The highest BCUT2D eigenvalue weighted by atomic mass is 15.2. The van der Waals surface area contributed by atoms with Gasteiger partial charge in [0, 0.05) is 31.0 Å². The van der Waals surface area contributed by atoms with Crippen molar-refractivity contribution in [1.29, 1.82) is 0 Å². The fraction of sp³-hybridized carbons (Fsp3) is 0.688. The summed E-state index contributed by atoms with van der Waals surface area (Å²) >= 11 is 0. The van der Waals surface area contributed by atoms with Crippen LogP contribution >= 0.6 is 0 Å². The lowest BCUT2D eigenvalue weighted by molar-refractivity contribution is 0.0749. The molecule has 1 saturated carbocycles. The molecule has 1 fully saturated rings. The van der Waals surface area contributed by atoms with Crippen LogP contribution in [0.25, 0.3) is 0 Å². The van der Waals surface area contributed by atoms with Crippen molar-refractivity contribution in [2.75, 3.05) is 20.6 Å². The first-order valence-corrected chi connectivity index (χ1v) is 7.39. The fourth-order valence-corrected chi connectivity index (χ4v) is 3.30. The quantitative estimate of drug-likeness (QED) is 0.883. The molecular formula is C16H27N3. The zero-order valence-electron chi connectivity index (χ0n) is 12.5. The fourth-order valence-electron chi connectivity index (χ4n) is 3.30. The Morgan fingerprint density at radius 1 is 1.37 bits per heavy atom. The molecule has 3 nitrogen and oxygen atoms in total. The molecule has 0 radical (unpaired) electrons. The number of hydrogen-bond acceptors (Lipinski definition) is 3. The maximum Gasteiger partial charge on any atom is 0.0330 e. The van der Waals surface area contributed by atoms with Gasteiger partial charge in [-0.1, -0.05) is 19.8 Å². The molecule has 0 unspecified atom stereocenters. The van der Waals surface area contributed by atoms with Crippen molar-refractivity contribution in [2.45, 2.75) is 44.7 Å². The second kappa shape index (κ2) is 6.49. The highest BCUT2D eigenvalue weighted by molar-refractivity contribution is 5.09. The molecule has 2 atom stereocenters. The van der Waals surface area contributed by atoms with Crippen LogP contribution in [-0.4, -0.2) is 36.1 Å². The lowest BCUT2D eigenvalue weighted by Crippen LogP contribution is -2.54. The molecule has 3 heteroatoms. The Morgan fingerprint density at radius 3 is 2.74 bits per heavy atom. The predicted molar refractivity (Wildman–Crippen MR) is 80.0 cm³/mol. The average Bonchev–Trinajstić information content (AvgIpc) is 2.40. The predicted octanol–water partition coefficient (Wildman–Crippen LogP) is 2.68. The second-order valence-corrected chi connectivity index (χ2v) is 6.28. The van der Waals surface area contributed by atoms with Gasteiger partial charge in [-0.2, -0.15) is 0 Å². The molecule has 0 aliphatic heterocycles. The van der Waals surface area contributed by atoms with E-state index in [-0.39, 0.29) is 0 Å². The minimum absolute atomic E-state index is 0.338. The SMILES string of the molecule is C[C@@H]1CCC[C@@](CNCc2ccncc2)(N(C)C)C1. The number of aromatic nitrogens is 1. The Bertz CT molecular complexity index is 377. The van der Waals surface area contributed by atoms with E-state index in [2.05, 4.69) is 48.4 Å². The van der Waals surface area contributed by atoms with Gasteiger partial charge < -0.3 is 10.2 Å². The van der Waals surface area contributed by atoms with Crippen LogP contribution in [0.3, 0.4) is 0 Å². The lowest BCUT2D eigenvalue weighted by Gasteiger charge is -2.45. The number of nitrogens with zero attached hydrogens (tertiary/aromatic N) is 2. The first kappa shape index (κ1) is 14.5. The number of nitrogens with one attached hydrogen (secondary N) is 1. The largest absolute Gasteiger partial charge is 0.311 e. The van der Waals surface area contributed by atoms with Gasteiger partial charge in [0.15, 0.2) is 0 Å². The highest BCUT2D eigenvalue weighted by Crippen LogP contribution is 2.35. The normalized spacial score (nSPS) is 27.7. The zero-order chi connectivity index (χ0) is 13.7. The van der Waals surface area contributed by atoms with Gasteiger partial charge in [0.25, 0.3) is 0 Å². The van der Waals surface area contributed by atoms with Gasteiger partial charge in [0.1, 0.15) is 0 Å². The summed E-state index contributed by atoms with van der Waals surface area (Å²) in [6, 6.07) is 4.16. The van der Waals surface area contributed by atoms with Crippen LogP contribution in [0.1, 0.15) is 38.2 Å². The van der Waals surface area contributed by atoms with Crippen molar-refractivity contribution >= 4 is 0 Å². The van der Waals surface area contributed by atoms with Gasteiger partial charge in [-0.15, -0.1) is 0 Å². The summed E-state index contributed by atoms with van der Waals surface area (Å²) in [5.41, 5.74) is 1.65. The Balaban J connectivity index is 1.90. The molecule has 1 N–H and O–H groups in total. The number of likely N-dealkylation sites (N-methyl/N-ethyl adjacent to an activating group) is 1. The van der Waals surface area contributed by atoms with Crippen molar-refractivity contribution in [2.24, 2.45) is 5.92 Å². The molecule has 1 aliphatic carbocycles. The zero-order valence-corrected chi connectivity index (χ0v) is 12.5. The van der Waals surface area contributed by atoms with Crippen LogP contribution in [-0.2, 0) is 6.54 Å². The molecule has 106 valence electrons. The van der Waals surface area contributed by atoms with E-state index >= 15 is 0 Å². The molecule has 1 heterocycles. The van der Waals surface area contributed by atoms with Gasteiger partial charge in [0.2, 0.25) is 0 Å².